The number of hydrogen-bond donors (Lipinski definition) is 1. The van der Waals surface area contributed by atoms with Crippen LogP contribution in [-0.2, 0) is 11.3 Å². The van der Waals surface area contributed by atoms with Crippen molar-refractivity contribution in [1.82, 2.24) is 0 Å². The molecule has 0 radical (unpaired) electrons. The highest BCUT2D eigenvalue weighted by Crippen LogP contribution is 2.28. The van der Waals surface area contributed by atoms with E-state index in [-0.39, 0.29) is 12.4 Å². The van der Waals surface area contributed by atoms with E-state index in [0.717, 1.165) is 18.2 Å². The molecule has 0 bridgehead atoms. The Morgan fingerprint density at radius 3 is 2.89 bits per heavy atom. The van der Waals surface area contributed by atoms with Gasteiger partial charge in [0, 0.05) is 31.5 Å². The predicted molar refractivity (Wildman–Crippen MR) is 69.1 cm³/mol. The molecule has 18 heavy (non-hydrogen) atoms. The number of anilines is 1. The third-order valence-electron chi connectivity index (χ3n) is 3.29. The van der Waals surface area contributed by atoms with Crippen LogP contribution < -0.4 is 4.90 Å². The number of likely N-dealkylation sites (N-methyl/N-ethyl adjacent to an activating group) is 1. The highest BCUT2D eigenvalue weighted by Gasteiger charge is 2.21. The molecule has 0 saturated heterocycles. The largest absolute Gasteiger partial charge is 0.391 e. The molecule has 1 N–H and O–H groups in total. The van der Waals surface area contributed by atoms with E-state index in [0.29, 0.717) is 18.7 Å². The van der Waals surface area contributed by atoms with Crippen LogP contribution in [0, 0.1) is 11.7 Å². The van der Waals surface area contributed by atoms with Crippen molar-refractivity contribution < 1.29 is 14.2 Å². The Morgan fingerprint density at radius 2 is 2.22 bits per heavy atom. The van der Waals surface area contributed by atoms with E-state index in [1.54, 1.807) is 6.07 Å². The van der Waals surface area contributed by atoms with Gasteiger partial charge < -0.3 is 14.7 Å². The zero-order valence-electron chi connectivity index (χ0n) is 10.7. The number of ether oxygens (including phenoxy) is 1. The van der Waals surface area contributed by atoms with Gasteiger partial charge in [0.05, 0.1) is 13.2 Å². The number of aliphatic hydroxyl groups is 1. The minimum Gasteiger partial charge on any atom is -0.391 e. The average Bonchev–Trinajstić information content (AvgIpc) is 3.18. The summed E-state index contributed by atoms with van der Waals surface area (Å²) >= 11 is 0. The Hall–Kier alpha value is -1.13. The smallest absolute Gasteiger partial charge is 0.130 e. The molecule has 1 aliphatic rings. The second-order valence-corrected chi connectivity index (χ2v) is 4.84. The summed E-state index contributed by atoms with van der Waals surface area (Å²) in [5, 5.41) is 9.20. The maximum atomic E-state index is 13.5. The van der Waals surface area contributed by atoms with Gasteiger partial charge in [0.2, 0.25) is 0 Å². The first-order valence-electron chi connectivity index (χ1n) is 6.39. The summed E-state index contributed by atoms with van der Waals surface area (Å²) in [6.45, 7) is 1.89. The Kier molecular flexibility index (Phi) is 4.55. The van der Waals surface area contributed by atoms with Crippen molar-refractivity contribution in [3.05, 3.63) is 29.6 Å². The Balaban J connectivity index is 1.86. The number of benzene rings is 1. The normalized spacial score (nSPS) is 14.8. The lowest BCUT2D eigenvalue weighted by Gasteiger charge is -2.22. The molecular formula is C14H20FNO2. The fraction of sp³-hybridized carbons (Fsp3) is 0.571. The summed E-state index contributed by atoms with van der Waals surface area (Å²) in [7, 11) is 1.88. The van der Waals surface area contributed by atoms with Crippen LogP contribution in [0.1, 0.15) is 18.4 Å². The van der Waals surface area contributed by atoms with Crippen LogP contribution in [0.4, 0.5) is 10.1 Å². The zero-order valence-corrected chi connectivity index (χ0v) is 10.7. The Morgan fingerprint density at radius 1 is 1.44 bits per heavy atom. The Bertz CT molecular complexity index is 393. The van der Waals surface area contributed by atoms with Crippen LogP contribution in [-0.4, -0.2) is 31.9 Å². The van der Waals surface area contributed by atoms with E-state index < -0.39 is 0 Å². The van der Waals surface area contributed by atoms with Gasteiger partial charge in [0.15, 0.2) is 0 Å². The molecule has 1 aromatic carbocycles. The quantitative estimate of drug-likeness (QED) is 0.756. The molecule has 1 saturated carbocycles. The molecule has 1 aromatic rings. The summed E-state index contributed by atoms with van der Waals surface area (Å²) in [6.07, 6.45) is 2.57. The summed E-state index contributed by atoms with van der Waals surface area (Å²) < 4.78 is 19.1. The van der Waals surface area contributed by atoms with E-state index in [1.807, 2.05) is 18.0 Å². The summed E-state index contributed by atoms with van der Waals surface area (Å²) in [5.74, 6) is 0.401. The summed E-state index contributed by atoms with van der Waals surface area (Å²) in [6, 6.07) is 4.84. The van der Waals surface area contributed by atoms with Gasteiger partial charge >= 0.3 is 0 Å². The molecule has 0 unspecified atom stereocenters. The molecule has 0 aliphatic heterocycles. The molecular weight excluding hydrogens is 233 g/mol. The number of rotatable bonds is 7. The average molecular weight is 253 g/mol. The molecule has 3 nitrogen and oxygen atoms in total. The van der Waals surface area contributed by atoms with Crippen LogP contribution in [0.5, 0.6) is 0 Å². The van der Waals surface area contributed by atoms with E-state index in [1.165, 1.54) is 18.9 Å². The molecule has 0 atom stereocenters. The van der Waals surface area contributed by atoms with E-state index in [2.05, 4.69) is 0 Å². The van der Waals surface area contributed by atoms with Gasteiger partial charge in [-0.3, -0.25) is 0 Å². The maximum absolute atomic E-state index is 13.5. The van der Waals surface area contributed by atoms with Gasteiger partial charge in [0.25, 0.3) is 0 Å². The minimum atomic E-state index is -0.360. The third-order valence-corrected chi connectivity index (χ3v) is 3.29. The molecule has 4 heteroatoms. The fourth-order valence-electron chi connectivity index (χ4n) is 1.92. The van der Waals surface area contributed by atoms with E-state index in [9.17, 15) is 9.50 Å². The van der Waals surface area contributed by atoms with Crippen LogP contribution >= 0.6 is 0 Å². The van der Waals surface area contributed by atoms with Crippen molar-refractivity contribution >= 4 is 5.69 Å². The number of nitrogens with zero attached hydrogens (tertiary/aromatic N) is 1. The first-order chi connectivity index (χ1) is 8.72. The first kappa shape index (κ1) is 13.3. The number of aliphatic hydroxyl groups excluding tert-OH is 1. The fourth-order valence-corrected chi connectivity index (χ4v) is 1.92. The zero-order chi connectivity index (χ0) is 13.0. The van der Waals surface area contributed by atoms with Gasteiger partial charge in [-0.05, 0) is 30.9 Å². The minimum absolute atomic E-state index is 0.282. The second kappa shape index (κ2) is 6.16. The van der Waals surface area contributed by atoms with E-state index in [4.69, 9.17) is 4.74 Å². The summed E-state index contributed by atoms with van der Waals surface area (Å²) in [4.78, 5) is 1.92. The van der Waals surface area contributed by atoms with Crippen molar-refractivity contribution in [3.8, 4) is 0 Å². The van der Waals surface area contributed by atoms with Gasteiger partial charge in [-0.15, -0.1) is 0 Å². The molecule has 0 aromatic heterocycles. The van der Waals surface area contributed by atoms with Gasteiger partial charge in [-0.1, -0.05) is 6.07 Å². The Labute approximate surface area is 107 Å². The van der Waals surface area contributed by atoms with Crippen LogP contribution in [0.2, 0.25) is 0 Å². The highest BCUT2D eigenvalue weighted by atomic mass is 19.1. The van der Waals surface area contributed by atoms with Crippen molar-refractivity contribution in [3.63, 3.8) is 0 Å². The standard InChI is InChI=1S/C14H20FNO2/c1-16(7-8-18-10-11-5-6-11)14-4-2-3-13(15)12(14)9-17/h2-4,11,17H,5-10H2,1H3. The van der Waals surface area contributed by atoms with Crippen molar-refractivity contribution in [1.29, 1.82) is 0 Å². The van der Waals surface area contributed by atoms with Gasteiger partial charge in [-0.25, -0.2) is 4.39 Å². The molecule has 1 aliphatic carbocycles. The monoisotopic (exact) mass is 253 g/mol. The number of hydrogen-bond acceptors (Lipinski definition) is 3. The third kappa shape index (κ3) is 3.43. The second-order valence-electron chi connectivity index (χ2n) is 4.84. The first-order valence-corrected chi connectivity index (χ1v) is 6.39. The SMILES string of the molecule is CN(CCOCC1CC1)c1cccc(F)c1CO. The lowest BCUT2D eigenvalue weighted by molar-refractivity contribution is 0.131. The van der Waals surface area contributed by atoms with Crippen molar-refractivity contribution in [2.75, 3.05) is 31.7 Å². The highest BCUT2D eigenvalue weighted by molar-refractivity contribution is 5.53. The molecule has 100 valence electrons. The van der Waals surface area contributed by atoms with Crippen molar-refractivity contribution in [2.24, 2.45) is 5.92 Å². The van der Waals surface area contributed by atoms with Crippen LogP contribution in [0.25, 0.3) is 0 Å². The molecule has 1 fully saturated rings. The maximum Gasteiger partial charge on any atom is 0.130 e. The van der Waals surface area contributed by atoms with Crippen LogP contribution in [0.15, 0.2) is 18.2 Å². The molecule has 0 spiro atoms. The van der Waals surface area contributed by atoms with E-state index >= 15 is 0 Å². The van der Waals surface area contributed by atoms with Gasteiger partial charge in [-0.2, -0.15) is 0 Å². The molecule has 2 rings (SSSR count). The molecule has 0 heterocycles. The number of halogens is 1. The van der Waals surface area contributed by atoms with Crippen molar-refractivity contribution in [2.45, 2.75) is 19.4 Å². The summed E-state index contributed by atoms with van der Waals surface area (Å²) in [5.41, 5.74) is 1.08. The van der Waals surface area contributed by atoms with Gasteiger partial charge in [0.1, 0.15) is 5.82 Å². The predicted octanol–water partition coefficient (Wildman–Crippen LogP) is 2.18. The van der Waals surface area contributed by atoms with Crippen LogP contribution in [0.3, 0.4) is 0 Å². The molecule has 0 amide bonds. The topological polar surface area (TPSA) is 32.7 Å². The lowest BCUT2D eigenvalue weighted by Crippen LogP contribution is -2.24. The lowest BCUT2D eigenvalue weighted by atomic mass is 10.1.